The van der Waals surface area contributed by atoms with Crippen LogP contribution in [-0.2, 0) is 5.75 Å². The van der Waals surface area contributed by atoms with E-state index in [1.54, 1.807) is 18.9 Å². The number of hydrogen-bond donors (Lipinski definition) is 0. The van der Waals surface area contributed by atoms with Crippen LogP contribution in [0.5, 0.6) is 5.75 Å². The molecule has 0 amide bonds. The second-order valence-corrected chi connectivity index (χ2v) is 8.16. The van der Waals surface area contributed by atoms with Gasteiger partial charge in [-0.25, -0.2) is 0 Å². The number of methoxy groups -OCH3 is 1. The molecular weight excluding hydrogens is 396 g/mol. The third kappa shape index (κ3) is 3.31. The number of aromatic nitrogens is 4. The van der Waals surface area contributed by atoms with Gasteiger partial charge in [-0.05, 0) is 37.6 Å². The van der Waals surface area contributed by atoms with E-state index >= 15 is 0 Å². The predicted octanol–water partition coefficient (Wildman–Crippen LogP) is 5.46. The molecule has 5 rings (SSSR count). The Bertz CT molecular complexity index is 1360. The number of ether oxygens (including phenoxy) is 1. The number of thioether (sulfide) groups is 1. The summed E-state index contributed by atoms with van der Waals surface area (Å²) < 4.78 is 13.0. The van der Waals surface area contributed by atoms with Gasteiger partial charge in [-0.3, -0.25) is 4.40 Å². The molecule has 0 saturated carbocycles. The molecule has 0 aliphatic heterocycles. The third-order valence-electron chi connectivity index (χ3n) is 5.12. The van der Waals surface area contributed by atoms with Crippen molar-refractivity contribution in [2.24, 2.45) is 0 Å². The van der Waals surface area contributed by atoms with E-state index in [1.807, 2.05) is 18.2 Å². The van der Waals surface area contributed by atoms with Gasteiger partial charge in [0.15, 0.2) is 10.8 Å². The SMILES string of the molecule is COc1ccc2c(C)cc3nnc(SCc4cc(-c5ccc(C)cc5)no4)n3c2c1. The Morgan fingerprint density at radius 3 is 2.63 bits per heavy atom. The van der Waals surface area contributed by atoms with Crippen molar-refractivity contribution in [2.75, 3.05) is 7.11 Å². The quantitative estimate of drug-likeness (QED) is 0.355. The van der Waals surface area contributed by atoms with Gasteiger partial charge in [0.2, 0.25) is 0 Å². The standard InChI is InChI=1S/C23H20N4O2S/c1-14-4-6-16(7-5-14)20-11-18(29-26-20)13-30-23-25-24-22-10-15(2)19-9-8-17(28-3)12-21(19)27(22)23/h4-12H,13H2,1-3H3. The first kappa shape index (κ1) is 18.7. The fourth-order valence-corrected chi connectivity index (χ4v) is 4.33. The van der Waals surface area contributed by atoms with Crippen molar-refractivity contribution < 1.29 is 9.26 Å². The maximum atomic E-state index is 5.55. The minimum Gasteiger partial charge on any atom is -0.497 e. The molecule has 7 heteroatoms. The van der Waals surface area contributed by atoms with Crippen molar-refractivity contribution >= 4 is 28.3 Å². The Labute approximate surface area is 177 Å². The molecule has 2 aromatic carbocycles. The van der Waals surface area contributed by atoms with Crippen LogP contribution in [0.2, 0.25) is 0 Å². The first-order chi connectivity index (χ1) is 14.6. The smallest absolute Gasteiger partial charge is 0.196 e. The van der Waals surface area contributed by atoms with E-state index in [1.165, 1.54) is 5.56 Å². The molecule has 0 atom stereocenters. The van der Waals surface area contributed by atoms with Crippen LogP contribution < -0.4 is 4.74 Å². The number of hydrogen-bond acceptors (Lipinski definition) is 6. The highest BCUT2D eigenvalue weighted by Gasteiger charge is 2.14. The molecule has 150 valence electrons. The zero-order valence-electron chi connectivity index (χ0n) is 16.9. The minimum atomic E-state index is 0.610. The summed E-state index contributed by atoms with van der Waals surface area (Å²) in [5, 5.41) is 14.9. The Morgan fingerprint density at radius 2 is 1.83 bits per heavy atom. The maximum Gasteiger partial charge on any atom is 0.196 e. The van der Waals surface area contributed by atoms with Crippen molar-refractivity contribution in [3.05, 3.63) is 71.5 Å². The summed E-state index contributed by atoms with van der Waals surface area (Å²) in [7, 11) is 1.67. The van der Waals surface area contributed by atoms with E-state index < -0.39 is 0 Å². The van der Waals surface area contributed by atoms with Crippen LogP contribution in [-0.4, -0.2) is 26.9 Å². The van der Waals surface area contributed by atoms with Crippen LogP contribution in [0.15, 0.2) is 64.3 Å². The molecule has 3 heterocycles. The number of rotatable bonds is 5. The summed E-state index contributed by atoms with van der Waals surface area (Å²) in [6.07, 6.45) is 0. The summed E-state index contributed by atoms with van der Waals surface area (Å²) in [5.74, 6) is 2.21. The van der Waals surface area contributed by atoms with Crippen molar-refractivity contribution in [3.8, 4) is 17.0 Å². The summed E-state index contributed by atoms with van der Waals surface area (Å²) in [6, 6.07) is 18.3. The van der Waals surface area contributed by atoms with Crippen LogP contribution in [0, 0.1) is 13.8 Å². The molecule has 5 aromatic rings. The monoisotopic (exact) mass is 416 g/mol. The number of aryl methyl sites for hydroxylation is 2. The van der Waals surface area contributed by atoms with Crippen LogP contribution in [0.3, 0.4) is 0 Å². The molecule has 0 radical (unpaired) electrons. The minimum absolute atomic E-state index is 0.610. The molecule has 0 aliphatic carbocycles. The molecule has 0 N–H and O–H groups in total. The second-order valence-electron chi connectivity index (χ2n) is 7.22. The average molecular weight is 417 g/mol. The van der Waals surface area contributed by atoms with Crippen molar-refractivity contribution in [1.29, 1.82) is 0 Å². The summed E-state index contributed by atoms with van der Waals surface area (Å²) in [4.78, 5) is 0. The molecule has 0 unspecified atom stereocenters. The molecule has 0 fully saturated rings. The number of benzene rings is 2. The van der Waals surface area contributed by atoms with Crippen molar-refractivity contribution in [1.82, 2.24) is 19.8 Å². The van der Waals surface area contributed by atoms with Crippen LogP contribution in [0.25, 0.3) is 27.8 Å². The fraction of sp³-hybridized carbons (Fsp3) is 0.174. The lowest BCUT2D eigenvalue weighted by Gasteiger charge is -2.09. The molecule has 3 aromatic heterocycles. The Hall–Kier alpha value is -3.32. The zero-order valence-corrected chi connectivity index (χ0v) is 17.7. The van der Waals surface area contributed by atoms with Crippen LogP contribution in [0.4, 0.5) is 0 Å². The van der Waals surface area contributed by atoms with Gasteiger partial charge in [-0.2, -0.15) is 0 Å². The van der Waals surface area contributed by atoms with E-state index in [0.29, 0.717) is 5.75 Å². The molecular formula is C23H20N4O2S. The first-order valence-corrected chi connectivity index (χ1v) is 10.6. The van der Waals surface area contributed by atoms with Gasteiger partial charge in [0.1, 0.15) is 17.2 Å². The first-order valence-electron chi connectivity index (χ1n) is 9.60. The lowest BCUT2D eigenvalue weighted by atomic mass is 10.1. The average Bonchev–Trinajstić information content (AvgIpc) is 3.39. The van der Waals surface area contributed by atoms with E-state index in [2.05, 4.69) is 70.0 Å². The van der Waals surface area contributed by atoms with Crippen LogP contribution in [0.1, 0.15) is 16.9 Å². The lowest BCUT2D eigenvalue weighted by molar-refractivity contribution is 0.397. The van der Waals surface area contributed by atoms with Crippen LogP contribution >= 0.6 is 11.8 Å². The van der Waals surface area contributed by atoms with Gasteiger partial charge in [0, 0.05) is 23.1 Å². The summed E-state index contributed by atoms with van der Waals surface area (Å²) in [5.41, 5.74) is 6.09. The maximum absolute atomic E-state index is 5.55. The van der Waals surface area contributed by atoms with Gasteiger partial charge in [0.05, 0.1) is 18.4 Å². The van der Waals surface area contributed by atoms with Gasteiger partial charge in [-0.15, -0.1) is 10.2 Å². The molecule has 0 saturated heterocycles. The highest BCUT2D eigenvalue weighted by atomic mass is 32.2. The third-order valence-corrected chi connectivity index (χ3v) is 6.08. The van der Waals surface area contributed by atoms with E-state index in [-0.39, 0.29) is 0 Å². The van der Waals surface area contributed by atoms with Gasteiger partial charge in [0.25, 0.3) is 0 Å². The fourth-order valence-electron chi connectivity index (χ4n) is 3.50. The molecule has 0 aliphatic rings. The summed E-state index contributed by atoms with van der Waals surface area (Å²) in [6.45, 7) is 4.15. The Kier molecular flexibility index (Phi) is 4.67. The highest BCUT2D eigenvalue weighted by molar-refractivity contribution is 7.98. The number of fused-ring (bicyclic) bond motifs is 3. The topological polar surface area (TPSA) is 65.5 Å². The van der Waals surface area contributed by atoms with Crippen molar-refractivity contribution in [2.45, 2.75) is 24.8 Å². The lowest BCUT2D eigenvalue weighted by Crippen LogP contribution is -1.94. The normalized spacial score (nSPS) is 11.4. The Morgan fingerprint density at radius 1 is 1.00 bits per heavy atom. The molecule has 30 heavy (non-hydrogen) atoms. The zero-order chi connectivity index (χ0) is 20.7. The summed E-state index contributed by atoms with van der Waals surface area (Å²) >= 11 is 1.57. The Balaban J connectivity index is 1.46. The van der Waals surface area contributed by atoms with Crippen molar-refractivity contribution in [3.63, 3.8) is 0 Å². The predicted molar refractivity (Wildman–Crippen MR) is 118 cm³/mol. The van der Waals surface area contributed by atoms with Gasteiger partial charge >= 0.3 is 0 Å². The number of nitrogens with zero attached hydrogens (tertiary/aromatic N) is 4. The van der Waals surface area contributed by atoms with Gasteiger partial charge in [-0.1, -0.05) is 46.7 Å². The van der Waals surface area contributed by atoms with E-state index in [0.717, 1.165) is 50.0 Å². The second kappa shape index (κ2) is 7.50. The van der Waals surface area contributed by atoms with Gasteiger partial charge < -0.3 is 9.26 Å². The number of pyridine rings is 1. The molecule has 0 spiro atoms. The highest BCUT2D eigenvalue weighted by Crippen LogP contribution is 2.30. The molecule has 6 nitrogen and oxygen atoms in total. The molecule has 0 bridgehead atoms. The van der Waals surface area contributed by atoms with E-state index in [9.17, 15) is 0 Å². The van der Waals surface area contributed by atoms with E-state index in [4.69, 9.17) is 9.26 Å². The largest absolute Gasteiger partial charge is 0.497 e.